The van der Waals surface area contributed by atoms with Crippen LogP contribution in [-0.4, -0.2) is 6.09 Å². The van der Waals surface area contributed by atoms with Gasteiger partial charge in [0.2, 0.25) is 0 Å². The van der Waals surface area contributed by atoms with E-state index in [-0.39, 0.29) is 11.7 Å². The molecule has 1 heterocycles. The van der Waals surface area contributed by atoms with Crippen molar-refractivity contribution >= 4 is 27.7 Å². The second-order valence-electron chi connectivity index (χ2n) is 3.70. The van der Waals surface area contributed by atoms with Gasteiger partial charge in [-0.25, -0.2) is 4.79 Å². The summed E-state index contributed by atoms with van der Waals surface area (Å²) in [6.07, 6.45) is 1.53. The van der Waals surface area contributed by atoms with Crippen LogP contribution < -0.4 is 5.32 Å². The smallest absolute Gasteiger partial charge is 0.412 e. The Hall–Kier alpha value is -1.03. The van der Waals surface area contributed by atoms with Crippen molar-refractivity contribution in [3.8, 4) is 0 Å². The highest BCUT2D eigenvalue weighted by Crippen LogP contribution is 2.54. The van der Waals surface area contributed by atoms with Crippen molar-refractivity contribution in [3.63, 3.8) is 0 Å². The van der Waals surface area contributed by atoms with Crippen LogP contribution in [0.5, 0.6) is 0 Å². The first-order valence-corrected chi connectivity index (χ1v) is 5.29. The third-order valence-electron chi connectivity index (χ3n) is 2.70. The summed E-state index contributed by atoms with van der Waals surface area (Å²) in [5.74, 6) is 0. The number of fused-ring (bicyclic) bond motifs is 2. The largest absolute Gasteiger partial charge is 0.438 e. The minimum absolute atomic E-state index is 0.318. The summed E-state index contributed by atoms with van der Waals surface area (Å²) >= 11 is 3.42. The molecule has 0 unspecified atom stereocenters. The van der Waals surface area contributed by atoms with Crippen LogP contribution in [0.2, 0.25) is 0 Å². The van der Waals surface area contributed by atoms with Crippen molar-refractivity contribution in [3.05, 3.63) is 28.2 Å². The molecule has 4 heteroatoms. The summed E-state index contributed by atoms with van der Waals surface area (Å²) in [6, 6.07) is 5.84. The lowest BCUT2D eigenvalue weighted by atomic mass is 10.0. The molecule has 1 N–H and O–H groups in total. The number of benzene rings is 1. The van der Waals surface area contributed by atoms with Gasteiger partial charge < -0.3 is 4.74 Å². The summed E-state index contributed by atoms with van der Waals surface area (Å²) in [4.78, 5) is 11.2. The first-order valence-electron chi connectivity index (χ1n) is 4.50. The zero-order valence-corrected chi connectivity index (χ0v) is 8.93. The maximum absolute atomic E-state index is 11.2. The Morgan fingerprint density at radius 1 is 1.43 bits per heavy atom. The number of carbonyl (C=O) groups is 1. The number of hydrogen-bond acceptors (Lipinski definition) is 2. The van der Waals surface area contributed by atoms with Gasteiger partial charge in [0.1, 0.15) is 5.60 Å². The van der Waals surface area contributed by atoms with Gasteiger partial charge in [0.25, 0.3) is 0 Å². The molecule has 0 atom stereocenters. The van der Waals surface area contributed by atoms with Gasteiger partial charge in [-0.3, -0.25) is 5.32 Å². The Morgan fingerprint density at radius 2 is 2.21 bits per heavy atom. The van der Waals surface area contributed by atoms with Gasteiger partial charge >= 0.3 is 6.09 Å². The molecule has 1 aliphatic carbocycles. The van der Waals surface area contributed by atoms with E-state index in [9.17, 15) is 4.79 Å². The van der Waals surface area contributed by atoms with Gasteiger partial charge in [0, 0.05) is 10.0 Å². The molecule has 3 nitrogen and oxygen atoms in total. The van der Waals surface area contributed by atoms with Crippen LogP contribution in [0.4, 0.5) is 10.5 Å². The van der Waals surface area contributed by atoms with E-state index in [0.29, 0.717) is 0 Å². The van der Waals surface area contributed by atoms with Crippen molar-refractivity contribution in [1.82, 2.24) is 0 Å². The molecule has 3 rings (SSSR count). The van der Waals surface area contributed by atoms with Crippen LogP contribution in [0.3, 0.4) is 0 Å². The first-order chi connectivity index (χ1) is 6.70. The Kier molecular flexibility index (Phi) is 1.49. The zero-order valence-electron chi connectivity index (χ0n) is 7.34. The Bertz CT molecular complexity index is 426. The van der Waals surface area contributed by atoms with Crippen LogP contribution in [0, 0.1) is 0 Å². The molecule has 72 valence electrons. The Morgan fingerprint density at radius 3 is 2.93 bits per heavy atom. The van der Waals surface area contributed by atoms with Crippen LogP contribution in [0.15, 0.2) is 22.7 Å². The topological polar surface area (TPSA) is 38.3 Å². The number of ether oxygens (including phenoxy) is 1. The maximum atomic E-state index is 11.2. The maximum Gasteiger partial charge on any atom is 0.412 e. The van der Waals surface area contributed by atoms with E-state index < -0.39 is 0 Å². The zero-order chi connectivity index (χ0) is 9.76. The quantitative estimate of drug-likeness (QED) is 0.772. The lowest BCUT2D eigenvalue weighted by Gasteiger charge is -2.26. The predicted molar refractivity (Wildman–Crippen MR) is 55.2 cm³/mol. The minimum atomic E-state index is -0.336. The number of anilines is 1. The average Bonchev–Trinajstić information content (AvgIpc) is 2.88. The number of nitrogens with one attached hydrogen (secondary N) is 1. The van der Waals surface area contributed by atoms with Gasteiger partial charge in [-0.2, -0.15) is 0 Å². The van der Waals surface area contributed by atoms with Crippen LogP contribution in [0.25, 0.3) is 0 Å². The van der Waals surface area contributed by atoms with E-state index in [1.54, 1.807) is 0 Å². The minimum Gasteiger partial charge on any atom is -0.438 e. The highest BCUT2D eigenvalue weighted by molar-refractivity contribution is 9.10. The Balaban J connectivity index is 2.18. The SMILES string of the molecule is O=C1Nc2ccc(Br)cc2C2(CC2)O1. The summed E-state index contributed by atoms with van der Waals surface area (Å²) < 4.78 is 6.31. The third kappa shape index (κ3) is 1.07. The van der Waals surface area contributed by atoms with Crippen molar-refractivity contribution in [2.75, 3.05) is 5.32 Å². The van der Waals surface area contributed by atoms with E-state index in [4.69, 9.17) is 4.74 Å². The molecule has 0 aromatic heterocycles. The number of halogens is 1. The molecule has 0 bridgehead atoms. The van der Waals surface area contributed by atoms with Crippen molar-refractivity contribution in [1.29, 1.82) is 0 Å². The van der Waals surface area contributed by atoms with Crippen LogP contribution in [0.1, 0.15) is 18.4 Å². The molecular formula is C10H8BrNO2. The van der Waals surface area contributed by atoms with Gasteiger partial charge in [-0.15, -0.1) is 0 Å². The fourth-order valence-corrected chi connectivity index (χ4v) is 2.22. The summed E-state index contributed by atoms with van der Waals surface area (Å²) in [6.45, 7) is 0. The highest BCUT2D eigenvalue weighted by atomic mass is 79.9. The van der Waals surface area contributed by atoms with Gasteiger partial charge in [0.15, 0.2) is 0 Å². The molecule has 1 fully saturated rings. The second kappa shape index (κ2) is 2.51. The van der Waals surface area contributed by atoms with E-state index >= 15 is 0 Å². The average molecular weight is 254 g/mol. The van der Waals surface area contributed by atoms with Gasteiger partial charge in [0.05, 0.1) is 5.69 Å². The molecule has 0 radical (unpaired) electrons. The number of carbonyl (C=O) groups excluding carboxylic acids is 1. The number of rotatable bonds is 0. The summed E-state index contributed by atoms with van der Waals surface area (Å²) in [5.41, 5.74) is 1.65. The second-order valence-corrected chi connectivity index (χ2v) is 4.61. The fourth-order valence-electron chi connectivity index (χ4n) is 1.86. The lowest BCUT2D eigenvalue weighted by molar-refractivity contribution is 0.0893. The van der Waals surface area contributed by atoms with Crippen LogP contribution in [-0.2, 0) is 10.3 Å². The molecule has 1 spiro atoms. The highest BCUT2D eigenvalue weighted by Gasteiger charge is 2.52. The normalized spacial score (nSPS) is 21.1. The standard InChI is InChI=1S/C10H8BrNO2/c11-6-1-2-8-7(5-6)10(3-4-10)14-9(13)12-8/h1-2,5H,3-4H2,(H,12,13). The molecule has 1 saturated carbocycles. The van der Waals surface area contributed by atoms with E-state index in [0.717, 1.165) is 28.6 Å². The fraction of sp³-hybridized carbons (Fsp3) is 0.300. The molecular weight excluding hydrogens is 246 g/mol. The van der Waals surface area contributed by atoms with Gasteiger partial charge in [-0.1, -0.05) is 15.9 Å². The van der Waals surface area contributed by atoms with E-state index in [1.165, 1.54) is 0 Å². The van der Waals surface area contributed by atoms with Crippen molar-refractivity contribution in [2.45, 2.75) is 18.4 Å². The summed E-state index contributed by atoms with van der Waals surface area (Å²) in [7, 11) is 0. The molecule has 1 aliphatic heterocycles. The molecule has 14 heavy (non-hydrogen) atoms. The first kappa shape index (κ1) is 8.29. The number of amides is 1. The lowest BCUT2D eigenvalue weighted by Crippen LogP contribution is -2.29. The third-order valence-corrected chi connectivity index (χ3v) is 3.19. The monoisotopic (exact) mass is 253 g/mol. The van der Waals surface area contributed by atoms with Gasteiger partial charge in [-0.05, 0) is 31.0 Å². The molecule has 2 aliphatic rings. The molecule has 0 saturated heterocycles. The summed E-state index contributed by atoms with van der Waals surface area (Å²) in [5, 5.41) is 2.70. The molecule has 1 amide bonds. The Labute approximate surface area is 89.6 Å². The number of hydrogen-bond donors (Lipinski definition) is 1. The predicted octanol–water partition coefficient (Wildman–Crippen LogP) is 3.00. The van der Waals surface area contributed by atoms with Crippen LogP contribution >= 0.6 is 15.9 Å². The molecule has 1 aromatic carbocycles. The van der Waals surface area contributed by atoms with E-state index in [2.05, 4.69) is 21.2 Å². The van der Waals surface area contributed by atoms with Crippen molar-refractivity contribution < 1.29 is 9.53 Å². The molecule has 1 aromatic rings. The van der Waals surface area contributed by atoms with E-state index in [1.807, 2.05) is 18.2 Å². The van der Waals surface area contributed by atoms with Crippen molar-refractivity contribution in [2.24, 2.45) is 0 Å².